The van der Waals surface area contributed by atoms with Gasteiger partial charge >= 0.3 is 6.09 Å². The molecule has 0 aliphatic carbocycles. The number of para-hydroxylation sites is 1. The molecule has 200 valence electrons. The van der Waals surface area contributed by atoms with Gasteiger partial charge in [0.15, 0.2) is 0 Å². The monoisotopic (exact) mass is 508 g/mol. The van der Waals surface area contributed by atoms with Crippen LogP contribution in [0.25, 0.3) is 0 Å². The number of likely N-dealkylation sites (N-methyl/N-ethyl adjacent to an activating group) is 1. The molecule has 8 nitrogen and oxygen atoms in total. The number of carbonyl (C=O) groups excluding carboxylic acids is 3. The lowest BCUT2D eigenvalue weighted by Gasteiger charge is -2.34. The molecule has 2 atom stereocenters. The molecule has 2 N–H and O–H groups in total. The maximum atomic E-state index is 12.5. The van der Waals surface area contributed by atoms with Gasteiger partial charge < -0.3 is 15.4 Å². The van der Waals surface area contributed by atoms with Crippen LogP contribution in [0.2, 0.25) is 0 Å². The van der Waals surface area contributed by atoms with Crippen LogP contribution in [0.3, 0.4) is 0 Å². The first kappa shape index (κ1) is 28.2. The van der Waals surface area contributed by atoms with Gasteiger partial charge in [-0.2, -0.15) is 0 Å². The Balaban J connectivity index is 0.000000213. The molecule has 0 saturated heterocycles. The van der Waals surface area contributed by atoms with Crippen LogP contribution in [-0.2, 0) is 33.7 Å². The first-order chi connectivity index (χ1) is 17.4. The van der Waals surface area contributed by atoms with Crippen LogP contribution in [0, 0.1) is 0 Å². The Morgan fingerprint density at radius 3 is 1.95 bits per heavy atom. The molecule has 0 fully saturated rings. The first-order valence-corrected chi connectivity index (χ1v) is 12.8. The average Bonchev–Trinajstić information content (AvgIpc) is 3.19. The van der Waals surface area contributed by atoms with E-state index in [0.29, 0.717) is 12.6 Å². The molecule has 2 heterocycles. The Hall–Kier alpha value is -3.39. The number of nitrogens with one attached hydrogen (secondary N) is 2. The summed E-state index contributed by atoms with van der Waals surface area (Å²) in [5, 5.41) is 5.68. The predicted octanol–water partition coefficient (Wildman–Crippen LogP) is 3.67. The highest BCUT2D eigenvalue weighted by Gasteiger charge is 2.36. The number of hydrogen-bond acceptors (Lipinski definition) is 5. The smallest absolute Gasteiger partial charge is 0.415 e. The second kappa shape index (κ2) is 12.2. The van der Waals surface area contributed by atoms with Crippen molar-refractivity contribution >= 4 is 23.6 Å². The fourth-order valence-electron chi connectivity index (χ4n) is 4.65. The molecular formula is C29H40N4O4. The zero-order chi connectivity index (χ0) is 27.2. The number of benzene rings is 2. The Bertz CT molecular complexity index is 1110. The van der Waals surface area contributed by atoms with E-state index < -0.39 is 5.60 Å². The minimum atomic E-state index is -0.548. The number of hydrogen-bond donors (Lipinski definition) is 2. The van der Waals surface area contributed by atoms with E-state index in [1.54, 1.807) is 11.8 Å². The van der Waals surface area contributed by atoms with Gasteiger partial charge in [-0.25, -0.2) is 4.79 Å². The lowest BCUT2D eigenvalue weighted by Crippen LogP contribution is -2.46. The van der Waals surface area contributed by atoms with Crippen LogP contribution in [-0.4, -0.2) is 60.6 Å². The molecule has 2 aliphatic heterocycles. The number of anilines is 1. The van der Waals surface area contributed by atoms with E-state index in [1.807, 2.05) is 45.0 Å². The number of ether oxygens (including phenoxy) is 1. The van der Waals surface area contributed by atoms with Crippen molar-refractivity contribution in [2.75, 3.05) is 25.0 Å². The van der Waals surface area contributed by atoms with Gasteiger partial charge in [0.2, 0.25) is 11.8 Å². The zero-order valence-electron chi connectivity index (χ0n) is 22.8. The molecule has 8 heteroatoms. The minimum Gasteiger partial charge on any atom is -0.443 e. The van der Waals surface area contributed by atoms with Gasteiger partial charge in [-0.1, -0.05) is 42.5 Å². The highest BCUT2D eigenvalue weighted by atomic mass is 16.6. The van der Waals surface area contributed by atoms with Gasteiger partial charge in [0.1, 0.15) is 5.60 Å². The zero-order valence-corrected chi connectivity index (χ0v) is 22.8. The van der Waals surface area contributed by atoms with Crippen molar-refractivity contribution < 1.29 is 19.1 Å². The van der Waals surface area contributed by atoms with Crippen molar-refractivity contribution in [3.63, 3.8) is 0 Å². The largest absolute Gasteiger partial charge is 0.443 e. The third kappa shape index (κ3) is 8.05. The van der Waals surface area contributed by atoms with Crippen LogP contribution in [0.15, 0.2) is 48.5 Å². The average molecular weight is 509 g/mol. The molecule has 0 aromatic heterocycles. The maximum absolute atomic E-state index is 12.5. The van der Waals surface area contributed by atoms with Gasteiger partial charge in [-0.15, -0.1) is 0 Å². The standard InChI is InChI=1S/C16H22N2O3.C13H18N2O/c1-11(19)17-10-13-9-12-7-5-6-8-14(12)18(13)15(20)21-16(2,3)4;1-10(16)14-8-13-7-11-5-3-4-6-12(11)9-15(13)2/h5-8,13H,9-10H2,1-4H3,(H,17,19);3-6,13H,7-9H2,1-2H3,(H,14,16). The van der Waals surface area contributed by atoms with E-state index in [4.69, 9.17) is 4.74 Å². The van der Waals surface area contributed by atoms with Crippen LogP contribution in [0.4, 0.5) is 10.5 Å². The summed E-state index contributed by atoms with van der Waals surface area (Å²) in [7, 11) is 2.11. The van der Waals surface area contributed by atoms with Crippen molar-refractivity contribution in [1.29, 1.82) is 0 Å². The summed E-state index contributed by atoms with van der Waals surface area (Å²) >= 11 is 0. The third-order valence-electron chi connectivity index (χ3n) is 6.45. The number of rotatable bonds is 4. The van der Waals surface area contributed by atoms with E-state index in [2.05, 4.69) is 46.8 Å². The van der Waals surface area contributed by atoms with Gasteiger partial charge in [0.25, 0.3) is 0 Å². The normalized spacial score (nSPS) is 18.6. The van der Waals surface area contributed by atoms with Gasteiger partial charge in [-0.05, 0) is 63.4 Å². The van der Waals surface area contributed by atoms with E-state index in [0.717, 1.165) is 37.2 Å². The first-order valence-electron chi connectivity index (χ1n) is 12.8. The molecule has 2 unspecified atom stereocenters. The summed E-state index contributed by atoms with van der Waals surface area (Å²) in [4.78, 5) is 38.5. The highest BCUT2D eigenvalue weighted by Crippen LogP contribution is 2.33. The van der Waals surface area contributed by atoms with Gasteiger partial charge in [0.05, 0.1) is 11.7 Å². The molecule has 3 amide bonds. The Morgan fingerprint density at radius 2 is 1.35 bits per heavy atom. The number of nitrogens with zero attached hydrogens (tertiary/aromatic N) is 2. The van der Waals surface area contributed by atoms with Crippen LogP contribution in [0.1, 0.15) is 51.3 Å². The molecule has 2 aliphatic rings. The van der Waals surface area contributed by atoms with Crippen molar-refractivity contribution in [1.82, 2.24) is 15.5 Å². The Kier molecular flexibility index (Phi) is 9.32. The summed E-state index contributed by atoms with van der Waals surface area (Å²) in [6.45, 7) is 10.7. The summed E-state index contributed by atoms with van der Waals surface area (Å²) < 4.78 is 5.49. The summed E-state index contributed by atoms with van der Waals surface area (Å²) in [5.74, 6) is -0.0534. The lowest BCUT2D eigenvalue weighted by atomic mass is 9.94. The molecule has 2 aromatic rings. The third-order valence-corrected chi connectivity index (χ3v) is 6.45. The van der Waals surface area contributed by atoms with Crippen molar-refractivity contribution in [2.24, 2.45) is 0 Å². The van der Waals surface area contributed by atoms with Gasteiger partial charge in [0, 0.05) is 39.5 Å². The second-order valence-corrected chi connectivity index (χ2v) is 10.8. The molecule has 0 saturated carbocycles. The highest BCUT2D eigenvalue weighted by molar-refractivity contribution is 5.91. The molecule has 2 aromatic carbocycles. The molecule has 0 bridgehead atoms. The number of carbonyl (C=O) groups is 3. The molecule has 0 radical (unpaired) electrons. The van der Waals surface area contributed by atoms with E-state index in [-0.39, 0.29) is 23.9 Å². The summed E-state index contributed by atoms with van der Waals surface area (Å²) in [5.41, 5.74) is 4.23. The fraction of sp³-hybridized carbons (Fsp3) is 0.483. The fourth-order valence-corrected chi connectivity index (χ4v) is 4.65. The maximum Gasteiger partial charge on any atom is 0.415 e. The number of amides is 3. The predicted molar refractivity (Wildman–Crippen MR) is 145 cm³/mol. The van der Waals surface area contributed by atoms with Gasteiger partial charge in [-0.3, -0.25) is 19.4 Å². The lowest BCUT2D eigenvalue weighted by molar-refractivity contribution is -0.120. The van der Waals surface area contributed by atoms with Crippen LogP contribution < -0.4 is 15.5 Å². The molecule has 0 spiro atoms. The SMILES string of the molecule is CC(=O)NCC1Cc2ccccc2CN1C.CC(=O)NCC1Cc2ccccc2N1C(=O)OC(C)(C)C. The van der Waals surface area contributed by atoms with Crippen molar-refractivity contribution in [2.45, 2.75) is 71.7 Å². The molecular weight excluding hydrogens is 468 g/mol. The topological polar surface area (TPSA) is 91.0 Å². The van der Waals surface area contributed by atoms with Crippen molar-refractivity contribution in [3.8, 4) is 0 Å². The molecule has 4 rings (SSSR count). The minimum absolute atomic E-state index is 0.0484. The van der Waals surface area contributed by atoms with Crippen molar-refractivity contribution in [3.05, 3.63) is 65.2 Å². The van der Waals surface area contributed by atoms with E-state index >= 15 is 0 Å². The Morgan fingerprint density at radius 1 is 0.838 bits per heavy atom. The summed E-state index contributed by atoms with van der Waals surface area (Å²) in [6.07, 6.45) is 1.37. The van der Waals surface area contributed by atoms with E-state index in [1.165, 1.54) is 18.1 Å². The summed E-state index contributed by atoms with van der Waals surface area (Å²) in [6, 6.07) is 16.6. The quantitative estimate of drug-likeness (QED) is 0.658. The number of fused-ring (bicyclic) bond motifs is 2. The van der Waals surface area contributed by atoms with E-state index in [9.17, 15) is 14.4 Å². The Labute approximate surface area is 220 Å². The van der Waals surface area contributed by atoms with Crippen LogP contribution in [0.5, 0.6) is 0 Å². The second-order valence-electron chi connectivity index (χ2n) is 10.8. The van der Waals surface area contributed by atoms with Crippen LogP contribution >= 0.6 is 0 Å². The molecule has 37 heavy (non-hydrogen) atoms.